The summed E-state index contributed by atoms with van der Waals surface area (Å²) in [6.07, 6.45) is 2.67. The summed E-state index contributed by atoms with van der Waals surface area (Å²) >= 11 is 5.47. The number of rotatable bonds is 7. The van der Waals surface area contributed by atoms with Gasteiger partial charge in [0.2, 0.25) is 0 Å². The predicted octanol–water partition coefficient (Wildman–Crippen LogP) is 1.84. The van der Waals surface area contributed by atoms with Crippen LogP contribution in [0.25, 0.3) is 0 Å². The van der Waals surface area contributed by atoms with Crippen molar-refractivity contribution in [2.45, 2.75) is 13.3 Å². The Kier molecular flexibility index (Phi) is 6.04. The van der Waals surface area contributed by atoms with E-state index in [0.717, 1.165) is 31.0 Å². The van der Waals surface area contributed by atoms with Crippen molar-refractivity contribution in [2.75, 3.05) is 31.0 Å². The molecule has 4 nitrogen and oxygen atoms in total. The van der Waals surface area contributed by atoms with Crippen LogP contribution < -0.4 is 5.32 Å². The summed E-state index contributed by atoms with van der Waals surface area (Å²) in [5.41, 5.74) is 1.10. The van der Waals surface area contributed by atoms with Crippen LogP contribution in [0.1, 0.15) is 12.0 Å². The molecule has 0 fully saturated rings. The van der Waals surface area contributed by atoms with Crippen molar-refractivity contribution in [3.63, 3.8) is 0 Å². The number of aromatic nitrogens is 2. The number of nitrogens with one attached hydrogen (secondary N) is 1. The monoisotopic (exact) mass is 229 g/mol. The van der Waals surface area contributed by atoms with Gasteiger partial charge < -0.3 is 10.1 Å². The normalized spacial score (nSPS) is 10.3. The topological polar surface area (TPSA) is 47.0 Å². The second-order valence-corrected chi connectivity index (χ2v) is 3.58. The van der Waals surface area contributed by atoms with Gasteiger partial charge in [-0.3, -0.25) is 0 Å². The van der Waals surface area contributed by atoms with E-state index < -0.39 is 0 Å². The summed E-state index contributed by atoms with van der Waals surface area (Å²) in [6.45, 7) is 4.16. The van der Waals surface area contributed by atoms with E-state index in [4.69, 9.17) is 16.3 Å². The van der Waals surface area contributed by atoms with E-state index in [9.17, 15) is 0 Å². The molecular weight excluding hydrogens is 214 g/mol. The molecule has 84 valence electrons. The van der Waals surface area contributed by atoms with E-state index in [1.807, 2.05) is 13.0 Å². The van der Waals surface area contributed by atoms with Crippen LogP contribution in [0.5, 0.6) is 0 Å². The minimum absolute atomic E-state index is 0.552. The lowest BCUT2D eigenvalue weighted by molar-refractivity contribution is 0.149. The maximum atomic E-state index is 5.47. The SMILES string of the molecule is Cc1cnnc(NCCCOCCCl)c1. The zero-order valence-corrected chi connectivity index (χ0v) is 9.63. The van der Waals surface area contributed by atoms with Crippen molar-refractivity contribution in [2.24, 2.45) is 0 Å². The van der Waals surface area contributed by atoms with E-state index in [0.29, 0.717) is 12.5 Å². The maximum Gasteiger partial charge on any atom is 0.148 e. The van der Waals surface area contributed by atoms with Crippen LogP contribution in [-0.2, 0) is 4.74 Å². The van der Waals surface area contributed by atoms with Crippen molar-refractivity contribution in [3.8, 4) is 0 Å². The Hall–Kier alpha value is -0.870. The molecule has 1 N–H and O–H groups in total. The van der Waals surface area contributed by atoms with Gasteiger partial charge in [-0.05, 0) is 25.0 Å². The molecule has 0 bridgehead atoms. The van der Waals surface area contributed by atoms with Crippen LogP contribution in [0, 0.1) is 6.92 Å². The van der Waals surface area contributed by atoms with Gasteiger partial charge in [0.1, 0.15) is 5.82 Å². The number of hydrogen-bond acceptors (Lipinski definition) is 4. The Labute approximate surface area is 95.0 Å². The standard InChI is InChI=1S/C10H16ClN3O/c1-9-7-10(14-13-8-9)12-4-2-5-15-6-3-11/h7-8H,2-6H2,1H3,(H,12,14). The Bertz CT molecular complexity index is 283. The molecule has 15 heavy (non-hydrogen) atoms. The van der Waals surface area contributed by atoms with Crippen LogP contribution in [0.2, 0.25) is 0 Å². The first-order valence-electron chi connectivity index (χ1n) is 5.00. The maximum absolute atomic E-state index is 5.47. The average Bonchev–Trinajstić information content (AvgIpc) is 2.23. The lowest BCUT2D eigenvalue weighted by Gasteiger charge is -2.05. The van der Waals surface area contributed by atoms with Crippen molar-refractivity contribution >= 4 is 17.4 Å². The molecule has 1 heterocycles. The molecule has 5 heteroatoms. The van der Waals surface area contributed by atoms with Gasteiger partial charge in [0.05, 0.1) is 12.8 Å². The van der Waals surface area contributed by atoms with Crippen molar-refractivity contribution in [1.82, 2.24) is 10.2 Å². The van der Waals surface area contributed by atoms with Gasteiger partial charge in [-0.15, -0.1) is 16.7 Å². The minimum atomic E-state index is 0.552. The Morgan fingerprint density at radius 2 is 2.33 bits per heavy atom. The molecule has 0 unspecified atom stereocenters. The summed E-state index contributed by atoms with van der Waals surface area (Å²) in [5.74, 6) is 1.36. The third-order valence-corrected chi connectivity index (χ3v) is 1.94. The summed E-state index contributed by atoms with van der Waals surface area (Å²) in [6, 6.07) is 1.96. The zero-order valence-electron chi connectivity index (χ0n) is 8.87. The quantitative estimate of drug-likeness (QED) is 0.573. The van der Waals surface area contributed by atoms with Gasteiger partial charge >= 0.3 is 0 Å². The van der Waals surface area contributed by atoms with Crippen LogP contribution in [0.15, 0.2) is 12.3 Å². The second kappa shape index (κ2) is 7.43. The number of hydrogen-bond donors (Lipinski definition) is 1. The van der Waals surface area contributed by atoms with Gasteiger partial charge in [-0.2, -0.15) is 5.10 Å². The highest BCUT2D eigenvalue weighted by atomic mass is 35.5. The number of nitrogens with zero attached hydrogens (tertiary/aromatic N) is 2. The van der Waals surface area contributed by atoms with E-state index in [1.54, 1.807) is 6.20 Å². The first-order chi connectivity index (χ1) is 7.33. The van der Waals surface area contributed by atoms with E-state index in [2.05, 4.69) is 15.5 Å². The lowest BCUT2D eigenvalue weighted by Crippen LogP contribution is -2.08. The Balaban J connectivity index is 2.10. The smallest absolute Gasteiger partial charge is 0.148 e. The van der Waals surface area contributed by atoms with Crippen LogP contribution in [0.3, 0.4) is 0 Å². The van der Waals surface area contributed by atoms with Gasteiger partial charge in [0, 0.05) is 19.0 Å². The van der Waals surface area contributed by atoms with E-state index in [-0.39, 0.29) is 0 Å². The molecule has 0 saturated carbocycles. The number of alkyl halides is 1. The highest BCUT2D eigenvalue weighted by Gasteiger charge is 1.94. The molecule has 1 aromatic rings. The summed E-state index contributed by atoms with van der Waals surface area (Å²) in [4.78, 5) is 0. The fourth-order valence-electron chi connectivity index (χ4n) is 1.10. The fourth-order valence-corrected chi connectivity index (χ4v) is 1.21. The zero-order chi connectivity index (χ0) is 10.9. The number of ether oxygens (including phenoxy) is 1. The van der Waals surface area contributed by atoms with Crippen molar-refractivity contribution in [3.05, 3.63) is 17.8 Å². The molecule has 1 rings (SSSR count). The largest absolute Gasteiger partial charge is 0.380 e. The third-order valence-electron chi connectivity index (χ3n) is 1.78. The van der Waals surface area contributed by atoms with Gasteiger partial charge in [0.25, 0.3) is 0 Å². The molecule has 0 aliphatic heterocycles. The number of halogens is 1. The molecule has 0 radical (unpaired) electrons. The molecule has 0 aliphatic rings. The minimum Gasteiger partial charge on any atom is -0.380 e. The molecule has 0 aliphatic carbocycles. The molecule has 0 atom stereocenters. The second-order valence-electron chi connectivity index (χ2n) is 3.20. The Morgan fingerprint density at radius 1 is 1.47 bits per heavy atom. The number of anilines is 1. The first-order valence-corrected chi connectivity index (χ1v) is 5.53. The lowest BCUT2D eigenvalue weighted by atomic mass is 10.3. The molecular formula is C10H16ClN3O. The van der Waals surface area contributed by atoms with Crippen molar-refractivity contribution in [1.29, 1.82) is 0 Å². The molecule has 0 saturated heterocycles. The first kappa shape index (κ1) is 12.2. The summed E-state index contributed by atoms with van der Waals surface area (Å²) in [7, 11) is 0. The van der Waals surface area contributed by atoms with Crippen LogP contribution >= 0.6 is 11.6 Å². The molecule has 1 aromatic heterocycles. The third kappa shape index (κ3) is 5.54. The average molecular weight is 230 g/mol. The fraction of sp³-hybridized carbons (Fsp3) is 0.600. The highest BCUT2D eigenvalue weighted by molar-refractivity contribution is 6.17. The Morgan fingerprint density at radius 3 is 3.07 bits per heavy atom. The molecule has 0 aromatic carbocycles. The number of aryl methyl sites for hydroxylation is 1. The highest BCUT2D eigenvalue weighted by Crippen LogP contribution is 2.02. The van der Waals surface area contributed by atoms with Crippen LogP contribution in [0.4, 0.5) is 5.82 Å². The summed E-state index contributed by atoms with van der Waals surface area (Å²) in [5, 5.41) is 11.0. The van der Waals surface area contributed by atoms with E-state index in [1.165, 1.54) is 0 Å². The predicted molar refractivity (Wildman–Crippen MR) is 61.4 cm³/mol. The van der Waals surface area contributed by atoms with E-state index >= 15 is 0 Å². The summed E-state index contributed by atoms with van der Waals surface area (Å²) < 4.78 is 5.24. The van der Waals surface area contributed by atoms with Crippen molar-refractivity contribution < 1.29 is 4.74 Å². The van der Waals surface area contributed by atoms with Gasteiger partial charge in [-0.25, -0.2) is 0 Å². The van der Waals surface area contributed by atoms with Gasteiger partial charge in [-0.1, -0.05) is 0 Å². The van der Waals surface area contributed by atoms with Crippen LogP contribution in [-0.4, -0.2) is 35.8 Å². The molecule has 0 amide bonds. The van der Waals surface area contributed by atoms with Gasteiger partial charge in [0.15, 0.2) is 0 Å². The molecule has 0 spiro atoms.